The molecule has 86 valence electrons. The van der Waals surface area contributed by atoms with E-state index in [-0.39, 0.29) is 36.2 Å². The Hall–Kier alpha value is 0.870. The van der Waals surface area contributed by atoms with Gasteiger partial charge in [0.15, 0.2) is 0 Å². The average Bonchev–Trinajstić information content (AvgIpc) is 2.08. The summed E-state index contributed by atoms with van der Waals surface area (Å²) in [6.45, 7) is 1.99. The Labute approximate surface area is 114 Å². The third-order valence-corrected chi connectivity index (χ3v) is 3.49. The summed E-state index contributed by atoms with van der Waals surface area (Å²) in [5, 5.41) is 7.78. The van der Waals surface area contributed by atoms with E-state index in [0.29, 0.717) is 32.1 Å². The molecule has 0 saturated carbocycles. The maximum absolute atomic E-state index is 10.8. The van der Waals surface area contributed by atoms with Crippen molar-refractivity contribution >= 4 is 10.1 Å². The van der Waals surface area contributed by atoms with Crippen LogP contribution < -0.4 is 29.6 Å². The second kappa shape index (κ2) is 10.1. The average molecular weight is 246 g/mol. The number of aliphatic hydroxyl groups is 1. The summed E-state index contributed by atoms with van der Waals surface area (Å²) in [4.78, 5) is 0. The Kier molecular flexibility index (Phi) is 12.2. The second-order valence-electron chi connectivity index (χ2n) is 3.48. The van der Waals surface area contributed by atoms with Gasteiger partial charge < -0.3 is 9.66 Å². The largest absolute Gasteiger partial charge is 1.00 e. The van der Waals surface area contributed by atoms with Gasteiger partial charge in [-0.3, -0.25) is 0 Å². The van der Waals surface area contributed by atoms with E-state index in [1.54, 1.807) is 0 Å². The summed E-state index contributed by atoms with van der Waals surface area (Å²) in [5.74, 6) is 0. The molecule has 0 spiro atoms. The van der Waals surface area contributed by atoms with Crippen molar-refractivity contribution in [2.75, 3.05) is 6.61 Å². The molecule has 6 heteroatoms. The molecule has 0 radical (unpaired) electrons. The van der Waals surface area contributed by atoms with E-state index >= 15 is 0 Å². The number of hydrogen-bond acceptors (Lipinski definition) is 4. The van der Waals surface area contributed by atoms with E-state index in [4.69, 9.17) is 5.11 Å². The monoisotopic (exact) mass is 246 g/mol. The Morgan fingerprint density at radius 3 is 2.20 bits per heavy atom. The van der Waals surface area contributed by atoms with Crippen molar-refractivity contribution < 1.29 is 47.6 Å². The standard InChI is InChI=1S/C9H20O4S.Na/c1-2-6-9(14(11,12)13)7-4-3-5-8-10;/h9-10H,2-8H2,1H3,(H,11,12,13);/q;+1/p-1. The van der Waals surface area contributed by atoms with Crippen molar-refractivity contribution in [2.24, 2.45) is 0 Å². The molecule has 0 aliphatic rings. The fourth-order valence-corrected chi connectivity index (χ4v) is 2.40. The van der Waals surface area contributed by atoms with E-state index in [1.165, 1.54) is 0 Å². The van der Waals surface area contributed by atoms with Crippen LogP contribution in [0.25, 0.3) is 0 Å². The maximum Gasteiger partial charge on any atom is 1.00 e. The number of aliphatic hydroxyl groups excluding tert-OH is 1. The third-order valence-electron chi connectivity index (χ3n) is 2.20. The van der Waals surface area contributed by atoms with Crippen LogP contribution in [0, 0.1) is 0 Å². The van der Waals surface area contributed by atoms with Crippen LogP contribution in [0.2, 0.25) is 0 Å². The minimum absolute atomic E-state index is 0. The fraction of sp³-hybridized carbons (Fsp3) is 1.00. The first kappa shape index (κ1) is 18.2. The van der Waals surface area contributed by atoms with Gasteiger partial charge in [0.2, 0.25) is 0 Å². The summed E-state index contributed by atoms with van der Waals surface area (Å²) in [6, 6.07) is 0. The van der Waals surface area contributed by atoms with Gasteiger partial charge in [-0.15, -0.1) is 0 Å². The first-order valence-corrected chi connectivity index (χ1v) is 6.55. The number of unbranched alkanes of at least 4 members (excludes halogenated alkanes) is 2. The van der Waals surface area contributed by atoms with Crippen LogP contribution in [-0.2, 0) is 10.1 Å². The molecule has 0 aliphatic carbocycles. The molecule has 1 N–H and O–H groups in total. The summed E-state index contributed by atoms with van der Waals surface area (Å²) >= 11 is 0. The molecule has 0 saturated heterocycles. The quantitative estimate of drug-likeness (QED) is 0.313. The van der Waals surface area contributed by atoms with Gasteiger partial charge in [-0.2, -0.15) is 0 Å². The van der Waals surface area contributed by atoms with Gasteiger partial charge >= 0.3 is 29.6 Å². The summed E-state index contributed by atoms with van der Waals surface area (Å²) in [6.07, 6.45) is 3.76. The number of rotatable bonds is 8. The van der Waals surface area contributed by atoms with Gasteiger partial charge in [0.1, 0.15) is 0 Å². The van der Waals surface area contributed by atoms with Gasteiger partial charge in [0.25, 0.3) is 0 Å². The molecule has 15 heavy (non-hydrogen) atoms. The Morgan fingerprint density at radius 2 is 1.80 bits per heavy atom. The first-order chi connectivity index (χ1) is 6.52. The zero-order valence-corrected chi connectivity index (χ0v) is 12.4. The van der Waals surface area contributed by atoms with Crippen molar-refractivity contribution in [1.29, 1.82) is 0 Å². The fourth-order valence-electron chi connectivity index (χ4n) is 1.42. The Bertz CT molecular complexity index is 228. The first-order valence-electron chi connectivity index (χ1n) is 5.08. The van der Waals surface area contributed by atoms with Gasteiger partial charge in [-0.05, 0) is 19.3 Å². The summed E-state index contributed by atoms with van der Waals surface area (Å²) < 4.78 is 32.3. The van der Waals surface area contributed by atoms with Crippen LogP contribution in [0.15, 0.2) is 0 Å². The molecule has 0 bridgehead atoms. The molecule has 1 unspecified atom stereocenters. The predicted octanol–water partition coefficient (Wildman–Crippen LogP) is -1.74. The molecule has 0 aromatic carbocycles. The Morgan fingerprint density at radius 1 is 1.20 bits per heavy atom. The van der Waals surface area contributed by atoms with E-state index in [1.807, 2.05) is 6.92 Å². The molecule has 0 fully saturated rings. The van der Waals surface area contributed by atoms with Crippen LogP contribution in [0.5, 0.6) is 0 Å². The Balaban J connectivity index is 0. The molecular weight excluding hydrogens is 227 g/mol. The van der Waals surface area contributed by atoms with Crippen molar-refractivity contribution in [3.05, 3.63) is 0 Å². The molecule has 1 atom stereocenters. The maximum atomic E-state index is 10.8. The molecule has 0 rings (SSSR count). The van der Waals surface area contributed by atoms with Gasteiger partial charge in [0.05, 0.1) is 10.1 Å². The van der Waals surface area contributed by atoms with Crippen LogP contribution >= 0.6 is 0 Å². The van der Waals surface area contributed by atoms with Crippen molar-refractivity contribution in [1.82, 2.24) is 0 Å². The van der Waals surface area contributed by atoms with Gasteiger partial charge in [0, 0.05) is 11.9 Å². The number of hydrogen-bond donors (Lipinski definition) is 1. The van der Waals surface area contributed by atoms with E-state index in [9.17, 15) is 13.0 Å². The van der Waals surface area contributed by atoms with E-state index in [0.717, 1.165) is 6.42 Å². The van der Waals surface area contributed by atoms with Crippen molar-refractivity contribution in [2.45, 2.75) is 50.7 Å². The molecule has 0 aromatic heterocycles. The molecule has 0 amide bonds. The third kappa shape index (κ3) is 9.78. The smallest absolute Gasteiger partial charge is 0.748 e. The van der Waals surface area contributed by atoms with Gasteiger partial charge in [-0.25, -0.2) is 8.42 Å². The minimum Gasteiger partial charge on any atom is -0.748 e. The zero-order chi connectivity index (χ0) is 11.0. The zero-order valence-electron chi connectivity index (χ0n) is 9.61. The topological polar surface area (TPSA) is 77.4 Å². The van der Waals surface area contributed by atoms with E-state index in [2.05, 4.69) is 0 Å². The van der Waals surface area contributed by atoms with Crippen molar-refractivity contribution in [3.8, 4) is 0 Å². The van der Waals surface area contributed by atoms with Crippen LogP contribution in [-0.4, -0.2) is 29.9 Å². The van der Waals surface area contributed by atoms with Gasteiger partial charge in [-0.1, -0.05) is 26.2 Å². The van der Waals surface area contributed by atoms with E-state index < -0.39 is 15.4 Å². The van der Waals surface area contributed by atoms with Crippen molar-refractivity contribution in [3.63, 3.8) is 0 Å². The molecule has 0 heterocycles. The normalized spacial score (nSPS) is 13.3. The summed E-state index contributed by atoms with van der Waals surface area (Å²) in [7, 11) is -4.13. The molecular formula is C9H19NaO4S. The summed E-state index contributed by atoms with van der Waals surface area (Å²) in [5.41, 5.74) is 0. The molecule has 0 aliphatic heterocycles. The second-order valence-corrected chi connectivity index (χ2v) is 5.13. The SMILES string of the molecule is CCCC(CCCCCO)S(=O)(=O)[O-].[Na+]. The molecule has 0 aromatic rings. The minimum atomic E-state index is -4.13. The molecule has 4 nitrogen and oxygen atoms in total. The van der Waals surface area contributed by atoms with Crippen LogP contribution in [0.4, 0.5) is 0 Å². The van der Waals surface area contributed by atoms with Crippen LogP contribution in [0.3, 0.4) is 0 Å². The predicted molar refractivity (Wildman–Crippen MR) is 53.9 cm³/mol. The van der Waals surface area contributed by atoms with Crippen LogP contribution in [0.1, 0.15) is 45.4 Å².